The summed E-state index contributed by atoms with van der Waals surface area (Å²) in [5.41, 5.74) is 0.232. The Morgan fingerprint density at radius 2 is 2.19 bits per heavy atom. The number of hydrogen-bond donors (Lipinski definition) is 2. The Morgan fingerprint density at radius 1 is 1.50 bits per heavy atom. The second-order valence-electron chi connectivity index (χ2n) is 4.33. The summed E-state index contributed by atoms with van der Waals surface area (Å²) in [6.07, 6.45) is 1.56. The highest BCUT2D eigenvalue weighted by Crippen LogP contribution is 2.25. The lowest BCUT2D eigenvalue weighted by molar-refractivity contribution is 0.0625. The maximum atomic E-state index is 9.71. The molecule has 0 amide bonds. The summed E-state index contributed by atoms with van der Waals surface area (Å²) in [5.74, 6) is -0.0947. The molecule has 6 heteroatoms. The van der Waals surface area contributed by atoms with Crippen molar-refractivity contribution in [3.8, 4) is 5.75 Å². The Balaban J connectivity index is 2.52. The van der Waals surface area contributed by atoms with Gasteiger partial charge in [-0.15, -0.1) is 0 Å². The first-order chi connectivity index (χ1) is 7.37. The minimum Gasteiger partial charge on any atom is -0.505 e. The van der Waals surface area contributed by atoms with Crippen LogP contribution in [-0.2, 0) is 6.54 Å². The fourth-order valence-electron chi connectivity index (χ4n) is 1.49. The fraction of sp³-hybridized carbons (Fsp3) is 0.400. The minimum absolute atomic E-state index is 0.0324. The molecule has 0 bridgehead atoms. The van der Waals surface area contributed by atoms with E-state index in [1.807, 2.05) is 0 Å². The van der Waals surface area contributed by atoms with E-state index in [1.54, 1.807) is 24.7 Å². The van der Waals surface area contributed by atoms with Crippen molar-refractivity contribution in [2.45, 2.75) is 26.0 Å². The minimum atomic E-state index is -0.861. The monoisotopic (exact) mass is 241 g/mol. The third-order valence-electron chi connectivity index (χ3n) is 2.08. The molecule has 2 aromatic rings. The maximum absolute atomic E-state index is 9.71. The van der Waals surface area contributed by atoms with Crippen molar-refractivity contribution in [3.63, 3.8) is 0 Å². The van der Waals surface area contributed by atoms with Gasteiger partial charge in [-0.25, -0.2) is 9.97 Å². The summed E-state index contributed by atoms with van der Waals surface area (Å²) >= 11 is 5.72. The lowest BCUT2D eigenvalue weighted by Crippen LogP contribution is -2.25. The molecule has 0 spiro atoms. The first-order valence-electron chi connectivity index (χ1n) is 4.79. The molecule has 0 saturated carbocycles. The van der Waals surface area contributed by atoms with Crippen molar-refractivity contribution in [3.05, 3.63) is 17.5 Å². The summed E-state index contributed by atoms with van der Waals surface area (Å²) in [4.78, 5) is 8.10. The number of hydrogen-bond acceptors (Lipinski definition) is 4. The van der Waals surface area contributed by atoms with Gasteiger partial charge in [0.15, 0.2) is 16.5 Å². The highest BCUT2D eigenvalue weighted by Gasteiger charge is 2.16. The number of aromatic nitrogens is 3. The van der Waals surface area contributed by atoms with Gasteiger partial charge >= 0.3 is 0 Å². The number of pyridine rings is 1. The molecule has 2 rings (SSSR count). The Hall–Kier alpha value is -1.33. The summed E-state index contributed by atoms with van der Waals surface area (Å²) in [7, 11) is 0. The van der Waals surface area contributed by atoms with Gasteiger partial charge in [0.1, 0.15) is 5.52 Å². The van der Waals surface area contributed by atoms with Crippen LogP contribution in [0.15, 0.2) is 12.4 Å². The predicted molar refractivity (Wildman–Crippen MR) is 60.5 cm³/mol. The van der Waals surface area contributed by atoms with Gasteiger partial charge in [-0.3, -0.25) is 0 Å². The topological polar surface area (TPSA) is 71.2 Å². The molecule has 86 valence electrons. The van der Waals surface area contributed by atoms with Crippen LogP contribution in [0.2, 0.25) is 5.15 Å². The molecule has 2 heterocycles. The number of rotatable bonds is 2. The first-order valence-corrected chi connectivity index (χ1v) is 5.17. The van der Waals surface area contributed by atoms with E-state index in [2.05, 4.69) is 9.97 Å². The first kappa shape index (κ1) is 11.2. The van der Waals surface area contributed by atoms with E-state index in [4.69, 9.17) is 11.6 Å². The largest absolute Gasteiger partial charge is 0.505 e. The van der Waals surface area contributed by atoms with E-state index >= 15 is 0 Å². The number of fused-ring (bicyclic) bond motifs is 1. The quantitative estimate of drug-likeness (QED) is 0.783. The van der Waals surface area contributed by atoms with Gasteiger partial charge in [0.05, 0.1) is 18.5 Å². The van der Waals surface area contributed by atoms with Crippen molar-refractivity contribution in [1.82, 2.24) is 14.5 Å². The molecule has 0 atom stereocenters. The summed E-state index contributed by atoms with van der Waals surface area (Å²) < 4.78 is 1.70. The zero-order valence-electron chi connectivity index (χ0n) is 8.98. The highest BCUT2D eigenvalue weighted by atomic mass is 35.5. The molecule has 0 aliphatic rings. The lowest BCUT2D eigenvalue weighted by atomic mass is 10.1. The Kier molecular flexibility index (Phi) is 2.52. The number of aliphatic hydroxyl groups is 1. The van der Waals surface area contributed by atoms with Crippen LogP contribution < -0.4 is 0 Å². The predicted octanol–water partition coefficient (Wildman–Crippen LogP) is 1.56. The number of aromatic hydroxyl groups is 1. The Labute approximate surface area is 97.3 Å². The molecule has 0 aliphatic heterocycles. The molecule has 0 fully saturated rings. The third-order valence-corrected chi connectivity index (χ3v) is 2.36. The van der Waals surface area contributed by atoms with E-state index in [9.17, 15) is 10.2 Å². The number of imidazole rings is 1. The van der Waals surface area contributed by atoms with Crippen LogP contribution >= 0.6 is 11.6 Å². The standard InChI is InChI=1S/C10H12ClN3O2/c1-10(2,16)4-14-5-12-6-3-7(15)8(11)13-9(6)14/h3,5,15-16H,4H2,1-2H3. The van der Waals surface area contributed by atoms with Gasteiger partial charge in [0.25, 0.3) is 0 Å². The average molecular weight is 242 g/mol. The second-order valence-corrected chi connectivity index (χ2v) is 4.68. The van der Waals surface area contributed by atoms with Gasteiger partial charge in [-0.2, -0.15) is 0 Å². The molecular formula is C10H12ClN3O2. The zero-order chi connectivity index (χ0) is 11.9. The van der Waals surface area contributed by atoms with Gasteiger partial charge in [-0.1, -0.05) is 11.6 Å². The van der Waals surface area contributed by atoms with E-state index < -0.39 is 5.60 Å². The third kappa shape index (κ3) is 2.10. The molecule has 0 saturated heterocycles. The molecule has 0 radical (unpaired) electrons. The van der Waals surface area contributed by atoms with Crippen LogP contribution in [0.3, 0.4) is 0 Å². The van der Waals surface area contributed by atoms with Crippen molar-refractivity contribution >= 4 is 22.8 Å². The summed E-state index contributed by atoms with van der Waals surface area (Å²) in [5, 5.41) is 19.1. The Morgan fingerprint density at radius 3 is 2.81 bits per heavy atom. The van der Waals surface area contributed by atoms with Gasteiger partial charge in [-0.05, 0) is 13.8 Å². The molecule has 0 aromatic carbocycles. The lowest BCUT2D eigenvalue weighted by Gasteiger charge is -2.17. The maximum Gasteiger partial charge on any atom is 0.173 e. The summed E-state index contributed by atoms with van der Waals surface area (Å²) in [6.45, 7) is 3.75. The van der Waals surface area contributed by atoms with Crippen molar-refractivity contribution in [2.75, 3.05) is 0 Å². The fourth-order valence-corrected chi connectivity index (χ4v) is 1.62. The molecule has 2 aromatic heterocycles. The van der Waals surface area contributed by atoms with Crippen LogP contribution in [-0.4, -0.2) is 30.3 Å². The SMILES string of the molecule is CC(C)(O)Cn1cnc2cc(O)c(Cl)nc21. The molecule has 0 unspecified atom stereocenters. The van der Waals surface area contributed by atoms with Crippen LogP contribution in [0.4, 0.5) is 0 Å². The number of nitrogens with zero attached hydrogens (tertiary/aromatic N) is 3. The molecular weight excluding hydrogens is 230 g/mol. The zero-order valence-corrected chi connectivity index (χ0v) is 9.73. The van der Waals surface area contributed by atoms with Crippen molar-refractivity contribution in [1.29, 1.82) is 0 Å². The van der Waals surface area contributed by atoms with E-state index in [-0.39, 0.29) is 10.9 Å². The van der Waals surface area contributed by atoms with Crippen molar-refractivity contribution in [2.24, 2.45) is 0 Å². The van der Waals surface area contributed by atoms with Crippen LogP contribution in [0.5, 0.6) is 5.75 Å². The second kappa shape index (κ2) is 3.61. The molecule has 0 aliphatic carbocycles. The van der Waals surface area contributed by atoms with Crippen LogP contribution in [0.1, 0.15) is 13.8 Å². The van der Waals surface area contributed by atoms with E-state index in [1.165, 1.54) is 6.07 Å². The van der Waals surface area contributed by atoms with E-state index in [0.717, 1.165) is 0 Å². The van der Waals surface area contributed by atoms with Gasteiger partial charge in [0.2, 0.25) is 0 Å². The van der Waals surface area contributed by atoms with Gasteiger partial charge in [0, 0.05) is 6.07 Å². The molecule has 2 N–H and O–H groups in total. The van der Waals surface area contributed by atoms with Crippen LogP contribution in [0.25, 0.3) is 11.2 Å². The molecule has 5 nitrogen and oxygen atoms in total. The van der Waals surface area contributed by atoms with E-state index in [0.29, 0.717) is 17.7 Å². The average Bonchev–Trinajstić information content (AvgIpc) is 2.47. The smallest absolute Gasteiger partial charge is 0.173 e. The highest BCUT2D eigenvalue weighted by molar-refractivity contribution is 6.31. The van der Waals surface area contributed by atoms with Gasteiger partial charge < -0.3 is 14.8 Å². The molecule has 16 heavy (non-hydrogen) atoms. The number of halogens is 1. The summed E-state index contributed by atoms with van der Waals surface area (Å²) in [6, 6.07) is 1.45. The Bertz CT molecular complexity index is 531. The van der Waals surface area contributed by atoms with Crippen molar-refractivity contribution < 1.29 is 10.2 Å². The normalized spacial score (nSPS) is 12.2. The van der Waals surface area contributed by atoms with Crippen LogP contribution in [0, 0.1) is 0 Å².